The first-order valence-electron chi connectivity index (χ1n) is 6.29. The number of aromatic nitrogens is 1. The number of rotatable bonds is 3. The van der Waals surface area contributed by atoms with Crippen molar-refractivity contribution in [3.05, 3.63) is 36.2 Å². The number of hydrogen-bond donors (Lipinski definition) is 1. The molecule has 1 fully saturated rings. The molecule has 1 aliphatic carbocycles. The molecule has 0 bridgehead atoms. The number of pyridine rings is 1. The van der Waals surface area contributed by atoms with Gasteiger partial charge in [0.1, 0.15) is 0 Å². The van der Waals surface area contributed by atoms with Crippen molar-refractivity contribution in [2.45, 2.75) is 27.7 Å². The van der Waals surface area contributed by atoms with Crippen LogP contribution in [0.2, 0.25) is 0 Å². The van der Waals surface area contributed by atoms with Gasteiger partial charge in [0.15, 0.2) is 0 Å². The molecule has 1 saturated carbocycles. The first-order valence-corrected chi connectivity index (χ1v) is 6.29. The molecule has 0 radical (unpaired) electrons. The van der Waals surface area contributed by atoms with Crippen molar-refractivity contribution in [1.82, 2.24) is 4.98 Å². The highest BCUT2D eigenvalue weighted by molar-refractivity contribution is 5.95. The summed E-state index contributed by atoms with van der Waals surface area (Å²) >= 11 is 0. The molecule has 3 heteroatoms. The molecule has 1 aliphatic rings. The van der Waals surface area contributed by atoms with E-state index in [0.29, 0.717) is 5.92 Å². The average molecular weight is 244 g/mol. The third-order valence-electron chi connectivity index (χ3n) is 3.64. The summed E-state index contributed by atoms with van der Waals surface area (Å²) in [6.45, 7) is 8.43. The van der Waals surface area contributed by atoms with E-state index in [9.17, 15) is 4.79 Å². The first-order chi connectivity index (χ1) is 8.43. The predicted octanol–water partition coefficient (Wildman–Crippen LogP) is 3.26. The summed E-state index contributed by atoms with van der Waals surface area (Å²) in [5.74, 6) is 0.502. The van der Waals surface area contributed by atoms with Crippen LogP contribution in [0.1, 0.15) is 27.7 Å². The van der Waals surface area contributed by atoms with Crippen LogP contribution in [0.3, 0.4) is 0 Å². The highest BCUT2D eigenvalue weighted by atomic mass is 16.2. The van der Waals surface area contributed by atoms with Crippen molar-refractivity contribution in [2.24, 2.45) is 17.3 Å². The number of nitrogens with zero attached hydrogens (tertiary/aromatic N) is 1. The summed E-state index contributed by atoms with van der Waals surface area (Å²) in [7, 11) is 0. The number of nitrogens with one attached hydrogen (secondary N) is 1. The second-order valence-electron chi connectivity index (χ2n) is 5.80. The number of allylic oxidation sites excluding steroid dienone is 2. The van der Waals surface area contributed by atoms with Crippen LogP contribution in [-0.2, 0) is 4.79 Å². The zero-order chi connectivity index (χ0) is 13.3. The molecule has 0 aliphatic heterocycles. The standard InChI is InChI=1S/C15H20N2O/c1-10(2)8-12-13(15(12,3)4)14(18)17-11-6-5-7-16-9-11/h5-9,12-13H,1-4H3,(H,17,18). The zero-order valence-corrected chi connectivity index (χ0v) is 11.4. The molecule has 1 N–H and O–H groups in total. The average Bonchev–Trinajstić information content (AvgIpc) is 2.80. The number of anilines is 1. The van der Waals surface area contributed by atoms with Crippen molar-refractivity contribution in [3.8, 4) is 0 Å². The van der Waals surface area contributed by atoms with Gasteiger partial charge in [-0.15, -0.1) is 0 Å². The molecular weight excluding hydrogens is 224 g/mol. The molecule has 2 rings (SSSR count). The molecule has 0 spiro atoms. The third-order valence-corrected chi connectivity index (χ3v) is 3.64. The van der Waals surface area contributed by atoms with Gasteiger partial charge < -0.3 is 5.32 Å². The maximum atomic E-state index is 12.2. The topological polar surface area (TPSA) is 42.0 Å². The van der Waals surface area contributed by atoms with Gasteiger partial charge in [-0.1, -0.05) is 25.5 Å². The van der Waals surface area contributed by atoms with Crippen LogP contribution in [0.5, 0.6) is 0 Å². The Kier molecular flexibility index (Phi) is 3.24. The van der Waals surface area contributed by atoms with Crippen molar-refractivity contribution >= 4 is 11.6 Å². The van der Waals surface area contributed by atoms with Crippen LogP contribution in [0.4, 0.5) is 5.69 Å². The molecule has 0 aromatic carbocycles. The summed E-state index contributed by atoms with van der Waals surface area (Å²) in [6.07, 6.45) is 5.57. The van der Waals surface area contributed by atoms with Crippen LogP contribution >= 0.6 is 0 Å². The molecule has 18 heavy (non-hydrogen) atoms. The van der Waals surface area contributed by atoms with Gasteiger partial charge >= 0.3 is 0 Å². The molecule has 96 valence electrons. The molecule has 1 amide bonds. The number of hydrogen-bond acceptors (Lipinski definition) is 2. The lowest BCUT2D eigenvalue weighted by atomic mass is 10.1. The van der Waals surface area contributed by atoms with Crippen molar-refractivity contribution in [2.75, 3.05) is 5.32 Å². The van der Waals surface area contributed by atoms with E-state index in [0.717, 1.165) is 5.69 Å². The van der Waals surface area contributed by atoms with Crippen LogP contribution in [0.25, 0.3) is 0 Å². The van der Waals surface area contributed by atoms with Crippen LogP contribution in [0, 0.1) is 17.3 Å². The van der Waals surface area contributed by atoms with Gasteiger partial charge in [0, 0.05) is 6.20 Å². The lowest BCUT2D eigenvalue weighted by Gasteiger charge is -2.05. The normalized spacial score (nSPS) is 24.2. The molecule has 1 aromatic rings. The summed E-state index contributed by atoms with van der Waals surface area (Å²) in [5, 5.41) is 2.93. The largest absolute Gasteiger partial charge is 0.324 e. The predicted molar refractivity (Wildman–Crippen MR) is 73.1 cm³/mol. The fraction of sp³-hybridized carbons (Fsp3) is 0.467. The van der Waals surface area contributed by atoms with E-state index in [1.807, 2.05) is 12.1 Å². The van der Waals surface area contributed by atoms with Gasteiger partial charge in [0.05, 0.1) is 17.8 Å². The van der Waals surface area contributed by atoms with Crippen LogP contribution < -0.4 is 5.32 Å². The minimum absolute atomic E-state index is 0.0591. The van der Waals surface area contributed by atoms with E-state index < -0.39 is 0 Å². The minimum atomic E-state index is 0.0591. The van der Waals surface area contributed by atoms with Gasteiger partial charge in [-0.3, -0.25) is 9.78 Å². The fourth-order valence-corrected chi connectivity index (χ4v) is 2.51. The van der Waals surface area contributed by atoms with E-state index >= 15 is 0 Å². The quantitative estimate of drug-likeness (QED) is 0.829. The smallest absolute Gasteiger partial charge is 0.228 e. The Bertz CT molecular complexity index is 473. The van der Waals surface area contributed by atoms with E-state index in [1.165, 1.54) is 5.57 Å². The minimum Gasteiger partial charge on any atom is -0.324 e. The van der Waals surface area contributed by atoms with Crippen molar-refractivity contribution in [3.63, 3.8) is 0 Å². The summed E-state index contributed by atoms with van der Waals surface area (Å²) in [5.41, 5.74) is 2.09. The molecule has 2 atom stereocenters. The van der Waals surface area contributed by atoms with Gasteiger partial charge in [-0.25, -0.2) is 0 Å². The summed E-state index contributed by atoms with van der Waals surface area (Å²) in [4.78, 5) is 16.2. The summed E-state index contributed by atoms with van der Waals surface area (Å²) < 4.78 is 0. The Morgan fingerprint density at radius 1 is 1.44 bits per heavy atom. The fourth-order valence-electron chi connectivity index (χ4n) is 2.51. The van der Waals surface area contributed by atoms with Gasteiger partial charge in [0.2, 0.25) is 5.91 Å². The molecule has 2 unspecified atom stereocenters. The Balaban J connectivity index is 2.05. The second-order valence-corrected chi connectivity index (χ2v) is 5.80. The SMILES string of the molecule is CC(C)=CC1C(C(=O)Nc2cccnc2)C1(C)C. The number of carbonyl (C=O) groups is 1. The van der Waals surface area contributed by atoms with Crippen molar-refractivity contribution in [1.29, 1.82) is 0 Å². The molecule has 1 aromatic heterocycles. The Labute approximate surface area is 108 Å². The molecule has 3 nitrogen and oxygen atoms in total. The Morgan fingerprint density at radius 3 is 2.72 bits per heavy atom. The highest BCUT2D eigenvalue weighted by Gasteiger charge is 2.60. The molecular formula is C15H20N2O. The van der Waals surface area contributed by atoms with E-state index in [4.69, 9.17) is 0 Å². The van der Waals surface area contributed by atoms with Gasteiger partial charge in [-0.05, 0) is 37.3 Å². The lowest BCUT2D eigenvalue weighted by molar-refractivity contribution is -0.118. The highest BCUT2D eigenvalue weighted by Crippen LogP contribution is 2.59. The monoisotopic (exact) mass is 244 g/mol. The maximum Gasteiger partial charge on any atom is 0.228 e. The second kappa shape index (κ2) is 4.56. The Hall–Kier alpha value is -1.64. The van der Waals surface area contributed by atoms with Crippen molar-refractivity contribution < 1.29 is 4.79 Å². The van der Waals surface area contributed by atoms with E-state index in [1.54, 1.807) is 12.4 Å². The first kappa shape index (κ1) is 12.8. The lowest BCUT2D eigenvalue weighted by Crippen LogP contribution is -2.16. The molecule has 0 saturated heterocycles. The number of carbonyl (C=O) groups excluding carboxylic acids is 1. The molecule has 1 heterocycles. The van der Waals surface area contributed by atoms with Crippen LogP contribution in [0.15, 0.2) is 36.2 Å². The number of amides is 1. The maximum absolute atomic E-state index is 12.2. The third kappa shape index (κ3) is 2.45. The van der Waals surface area contributed by atoms with E-state index in [2.05, 4.69) is 44.1 Å². The van der Waals surface area contributed by atoms with Gasteiger partial charge in [0.25, 0.3) is 0 Å². The van der Waals surface area contributed by atoms with E-state index in [-0.39, 0.29) is 17.2 Å². The summed E-state index contributed by atoms with van der Waals surface area (Å²) in [6, 6.07) is 3.68. The Morgan fingerprint density at radius 2 is 2.17 bits per heavy atom. The van der Waals surface area contributed by atoms with Gasteiger partial charge in [-0.2, -0.15) is 0 Å². The van der Waals surface area contributed by atoms with Crippen LogP contribution in [-0.4, -0.2) is 10.9 Å². The zero-order valence-electron chi connectivity index (χ0n) is 11.4.